The summed E-state index contributed by atoms with van der Waals surface area (Å²) in [4.78, 5) is 2.58. The zero-order chi connectivity index (χ0) is 13.5. The van der Waals surface area contributed by atoms with E-state index in [0.29, 0.717) is 0 Å². The van der Waals surface area contributed by atoms with Crippen molar-refractivity contribution in [3.8, 4) is 0 Å². The number of rotatable bonds is 0. The van der Waals surface area contributed by atoms with Gasteiger partial charge in [0.2, 0.25) is 0 Å². The van der Waals surface area contributed by atoms with Crippen LogP contribution in [0.3, 0.4) is 0 Å². The summed E-state index contributed by atoms with van der Waals surface area (Å²) < 4.78 is 7.14. The molecule has 0 aromatic rings. The molecule has 1 spiro atoms. The fourth-order valence-electron chi connectivity index (χ4n) is 28.2. The quantitative estimate of drug-likeness (QED) is 0.448. The Balaban J connectivity index is 1.94. The fraction of sp³-hybridized carbons (Fsp3) is 1.00. The van der Waals surface area contributed by atoms with Gasteiger partial charge in [-0.2, -0.15) is 0 Å². The van der Waals surface area contributed by atoms with E-state index in [4.69, 9.17) is 0 Å². The second-order valence-electron chi connectivity index (χ2n) is 13.0. The molecule has 4 unspecified atom stereocenters. The molecule has 10 rings (SSSR count). The van der Waals surface area contributed by atoms with E-state index in [9.17, 15) is 0 Å². The molecule has 4 atom stereocenters. The third kappa shape index (κ3) is 0.0524. The average molecular weight is 298 g/mol. The van der Waals surface area contributed by atoms with Gasteiger partial charge >= 0.3 is 106 Å². The van der Waals surface area contributed by atoms with Gasteiger partial charge in [-0.05, 0) is 0 Å². The van der Waals surface area contributed by atoms with E-state index in [1.807, 2.05) is 0 Å². The summed E-state index contributed by atoms with van der Waals surface area (Å²) in [6, 6.07) is 0. The Kier molecular flexibility index (Phi) is 0.249. The van der Waals surface area contributed by atoms with Crippen LogP contribution in [0.5, 0.6) is 0 Å². The van der Waals surface area contributed by atoms with Gasteiger partial charge in [0, 0.05) is 0 Å². The van der Waals surface area contributed by atoms with Crippen molar-refractivity contribution in [1.29, 1.82) is 0 Å². The molecule has 106 valence electrons. The van der Waals surface area contributed by atoms with Gasteiger partial charge in [0.15, 0.2) is 0 Å². The van der Waals surface area contributed by atoms with Crippen molar-refractivity contribution >= 4 is 0 Å². The fourth-order valence-corrected chi connectivity index (χ4v) is 127. The van der Waals surface area contributed by atoms with Crippen molar-refractivity contribution in [1.82, 2.24) is 0 Å². The normalized spacial score (nSPS) is 136. The Labute approximate surface area is 106 Å². The Morgan fingerprint density at radius 2 is 0.789 bits per heavy atom. The molecular formula is C18H26Fe. The molecule has 10 fully saturated rings. The van der Waals surface area contributed by atoms with Gasteiger partial charge < -0.3 is 0 Å². The van der Waals surface area contributed by atoms with Crippen LogP contribution in [0.15, 0.2) is 0 Å². The van der Waals surface area contributed by atoms with Gasteiger partial charge in [-0.25, -0.2) is 0 Å². The van der Waals surface area contributed by atoms with Crippen LogP contribution in [0.1, 0.15) is 55.4 Å². The Morgan fingerprint density at radius 3 is 0.789 bits per heavy atom. The first-order valence-electron chi connectivity index (χ1n) is 8.48. The predicted octanol–water partition coefficient (Wildman–Crippen LogP) is 6.50. The zero-order valence-electron chi connectivity index (χ0n) is 13.5. The van der Waals surface area contributed by atoms with Crippen LogP contribution in [0.25, 0.3) is 0 Å². The third-order valence-electron chi connectivity index (χ3n) is 22.0. The molecule has 0 saturated carbocycles. The number of hydrogen-bond donors (Lipinski definition) is 0. The van der Waals surface area contributed by atoms with Crippen LogP contribution in [-0.2, 0) is 6.51 Å². The molecule has 0 amide bonds. The Bertz CT molecular complexity index is 1080. The van der Waals surface area contributed by atoms with Crippen molar-refractivity contribution in [2.75, 3.05) is 0 Å². The molecule has 10 heterocycles. The molecule has 10 aliphatic rings. The van der Waals surface area contributed by atoms with Crippen molar-refractivity contribution in [3.05, 3.63) is 0 Å². The molecule has 10 aliphatic heterocycles. The molecule has 10 saturated heterocycles. The average Bonchev–Trinajstić information content (AvgIpc) is 3.28. The molecule has 0 radical (unpaired) electrons. The van der Waals surface area contributed by atoms with E-state index in [1.165, 1.54) is 9.63 Å². The molecule has 0 bridgehead atoms. The van der Waals surface area contributed by atoms with Crippen LogP contribution in [0.4, 0.5) is 0 Å². The molecular weight excluding hydrogens is 272 g/mol. The minimum absolute atomic E-state index is 0.880. The monoisotopic (exact) mass is 298 g/mol. The Morgan fingerprint density at radius 1 is 0.526 bits per heavy atom. The van der Waals surface area contributed by atoms with Gasteiger partial charge in [-0.15, -0.1) is 0 Å². The molecule has 0 aliphatic carbocycles. The summed E-state index contributed by atoms with van der Waals surface area (Å²) in [6.07, 6.45) is 0. The summed E-state index contributed by atoms with van der Waals surface area (Å²) in [6.45, 7) is 19.2. The summed E-state index contributed by atoms with van der Waals surface area (Å²) in [5.41, 5.74) is 0. The van der Waals surface area contributed by atoms with Crippen LogP contribution in [0.2, 0.25) is 44.1 Å². The topological polar surface area (TPSA) is 0 Å². The van der Waals surface area contributed by atoms with E-state index in [0.717, 1.165) is 34.5 Å². The molecule has 0 nitrogen and oxygen atoms in total. The standard InChI is InChI=1S/C10H15.C8H11.Fe/c1-6-7(2)9(4)10(5)8(6)3;1-6-4-7(2)8(3)5-6;/h1-5H3;4-5H,1-3H3;. The van der Waals surface area contributed by atoms with Crippen molar-refractivity contribution in [2.24, 2.45) is 0 Å². The van der Waals surface area contributed by atoms with Crippen molar-refractivity contribution in [3.63, 3.8) is 0 Å². The first kappa shape index (κ1) is 8.23. The minimum atomic E-state index is -3.63. The molecule has 1 heteroatoms. The van der Waals surface area contributed by atoms with Gasteiger partial charge in [0.05, 0.1) is 0 Å². The second kappa shape index (κ2) is 0.574. The van der Waals surface area contributed by atoms with Gasteiger partial charge in [-0.1, -0.05) is 0 Å². The van der Waals surface area contributed by atoms with Crippen LogP contribution >= 0.6 is 0 Å². The van der Waals surface area contributed by atoms with Crippen LogP contribution < -0.4 is 0 Å². The van der Waals surface area contributed by atoms with Gasteiger partial charge in [0.25, 0.3) is 0 Å². The van der Waals surface area contributed by atoms with Crippen molar-refractivity contribution in [2.45, 2.75) is 99.5 Å². The third-order valence-corrected chi connectivity index (χ3v) is 77.3. The SMILES string of the molecule is C[C]12[CH]3[C]4(C)[C]5(C)[CH]1[Fe]32451678[C]2(C)[C]1(C)[C]6(C)[C]7(C)[C]28C. The summed E-state index contributed by atoms with van der Waals surface area (Å²) >= 11 is 0. The molecule has 0 N–H and O–H groups in total. The number of fused-ring (bicyclic) bond motifs is 10. The van der Waals surface area contributed by atoms with E-state index in [1.54, 1.807) is 0 Å². The molecule has 19 heavy (non-hydrogen) atoms. The summed E-state index contributed by atoms with van der Waals surface area (Å²) in [5, 5.41) is 0. The van der Waals surface area contributed by atoms with E-state index < -0.39 is 6.51 Å². The van der Waals surface area contributed by atoms with Crippen molar-refractivity contribution < 1.29 is 6.51 Å². The Hall–Kier alpha value is 0.519. The molecule has 0 aromatic heterocycles. The van der Waals surface area contributed by atoms with E-state index in [2.05, 4.69) is 55.4 Å². The second-order valence-corrected chi connectivity index (χ2v) is 36.5. The predicted molar refractivity (Wildman–Crippen MR) is 74.4 cm³/mol. The van der Waals surface area contributed by atoms with Crippen LogP contribution in [-0.4, -0.2) is 0 Å². The number of hydrogen-bond acceptors (Lipinski definition) is 0. The van der Waals surface area contributed by atoms with Gasteiger partial charge in [0.1, 0.15) is 0 Å². The first-order chi connectivity index (χ1) is 8.28. The maximum absolute atomic E-state index is 3.63. The van der Waals surface area contributed by atoms with E-state index in [-0.39, 0.29) is 0 Å². The van der Waals surface area contributed by atoms with Gasteiger partial charge in [-0.3, -0.25) is 0 Å². The molecule has 0 aromatic carbocycles. The zero-order valence-corrected chi connectivity index (χ0v) is 14.6. The van der Waals surface area contributed by atoms with E-state index >= 15 is 0 Å². The summed E-state index contributed by atoms with van der Waals surface area (Å²) in [7, 11) is 0. The van der Waals surface area contributed by atoms with Crippen LogP contribution in [0, 0.1) is 0 Å². The summed E-state index contributed by atoms with van der Waals surface area (Å²) in [5.74, 6) is 0. The maximum atomic E-state index is 2.86. The first-order valence-corrected chi connectivity index (χ1v) is 14.2.